The Morgan fingerprint density at radius 3 is 2.64 bits per heavy atom. The van der Waals surface area contributed by atoms with Gasteiger partial charge < -0.3 is 4.74 Å². The Morgan fingerprint density at radius 1 is 1.45 bits per heavy atom. The maximum absolute atomic E-state index is 12.1. The first-order valence-corrected chi connectivity index (χ1v) is 3.60. The number of para-hydroxylation sites is 1. The van der Waals surface area contributed by atoms with Crippen molar-refractivity contribution in [1.82, 2.24) is 0 Å². The van der Waals surface area contributed by atoms with Gasteiger partial charge in [-0.1, -0.05) is 18.2 Å². The quantitative estimate of drug-likeness (QED) is 0.699. The van der Waals surface area contributed by atoms with Crippen molar-refractivity contribution < 1.29 is 13.5 Å². The molecular weight excluding hydrogens is 218 g/mol. The lowest BCUT2D eigenvalue weighted by Crippen LogP contribution is -2.14. The van der Waals surface area contributed by atoms with Gasteiger partial charge in [-0.15, -0.1) is 0 Å². The number of halogens is 3. The highest BCUT2D eigenvalue weighted by molar-refractivity contribution is 9.09. The highest BCUT2D eigenvalue weighted by Gasteiger charge is 2.26. The Kier molecular flexibility index (Phi) is 2.44. The van der Waals surface area contributed by atoms with Crippen molar-refractivity contribution in [1.29, 1.82) is 0 Å². The summed E-state index contributed by atoms with van der Waals surface area (Å²) in [5, 5.41) is -3.31. The number of hydrogen-bond donors (Lipinski definition) is 0. The molecule has 0 amide bonds. The smallest absolute Gasteiger partial charge is 0.423 e. The third-order valence-corrected chi connectivity index (χ3v) is 1.07. The van der Waals surface area contributed by atoms with Crippen molar-refractivity contribution in [2.75, 3.05) is 0 Å². The second-order valence-electron chi connectivity index (χ2n) is 1.77. The van der Waals surface area contributed by atoms with Crippen molar-refractivity contribution in [3.8, 4) is 5.75 Å². The minimum absolute atomic E-state index is 0.00868. The summed E-state index contributed by atoms with van der Waals surface area (Å²) >= 11 is 2.04. The number of benzene rings is 1. The molecule has 1 aromatic carbocycles. The Hall–Kier alpha value is -0.640. The van der Waals surface area contributed by atoms with Crippen LogP contribution in [0.5, 0.6) is 5.75 Å². The van der Waals surface area contributed by atoms with Gasteiger partial charge in [0, 0.05) is 22.0 Å². The van der Waals surface area contributed by atoms with Gasteiger partial charge in [-0.25, -0.2) is 0 Å². The average Bonchev–Trinajstić information content (AvgIpc) is 1.85. The second kappa shape index (κ2) is 3.17. The molecule has 0 aliphatic rings. The molecule has 0 aromatic heterocycles. The van der Waals surface area contributed by atoms with E-state index in [9.17, 15) is 8.78 Å². The van der Waals surface area contributed by atoms with E-state index in [1.807, 2.05) is 15.9 Å². The van der Waals surface area contributed by atoms with Gasteiger partial charge in [0.2, 0.25) is 0 Å². The molecule has 11 heavy (non-hydrogen) atoms. The van der Waals surface area contributed by atoms with Gasteiger partial charge in [0.05, 0.1) is 0 Å². The molecule has 59 valence electrons. The third-order valence-electron chi connectivity index (χ3n) is 0.906. The van der Waals surface area contributed by atoms with Crippen molar-refractivity contribution in [3.05, 3.63) is 30.3 Å². The molecule has 0 N–H and O–H groups in total. The monoisotopic (exact) mass is 221 g/mol. The normalized spacial score (nSPS) is 11.2. The van der Waals surface area contributed by atoms with Crippen LogP contribution in [0.25, 0.3) is 0 Å². The van der Waals surface area contributed by atoms with Crippen molar-refractivity contribution in [2.24, 2.45) is 0 Å². The largest absolute Gasteiger partial charge is 0.459 e. The van der Waals surface area contributed by atoms with Gasteiger partial charge in [0.1, 0.15) is 5.75 Å². The van der Waals surface area contributed by atoms with E-state index in [4.69, 9.17) is 0 Å². The molecule has 0 aliphatic carbocycles. The van der Waals surface area contributed by atoms with Crippen LogP contribution < -0.4 is 4.74 Å². The minimum Gasteiger partial charge on any atom is -0.423 e. The van der Waals surface area contributed by atoms with Gasteiger partial charge in [-0.3, -0.25) is 0 Å². The lowest BCUT2D eigenvalue weighted by Gasteiger charge is -2.09. The minimum atomic E-state index is -3.31. The molecule has 0 heterocycles. The molecule has 1 rings (SSSR count). The molecule has 0 bridgehead atoms. The molecule has 1 radical (unpaired) electrons. The van der Waals surface area contributed by atoms with Crippen LogP contribution in [0.4, 0.5) is 8.78 Å². The molecule has 0 saturated heterocycles. The van der Waals surface area contributed by atoms with E-state index in [1.165, 1.54) is 12.1 Å². The summed E-state index contributed by atoms with van der Waals surface area (Å²) in [5.41, 5.74) is 0. The van der Waals surface area contributed by atoms with Crippen LogP contribution in [-0.4, -0.2) is 5.02 Å². The fourth-order valence-electron chi connectivity index (χ4n) is 0.565. The summed E-state index contributed by atoms with van der Waals surface area (Å²) in [6.45, 7) is 0. The summed E-state index contributed by atoms with van der Waals surface area (Å²) in [6.07, 6.45) is 0. The van der Waals surface area contributed by atoms with E-state index in [0.717, 1.165) is 0 Å². The topological polar surface area (TPSA) is 9.23 Å². The molecule has 0 spiro atoms. The van der Waals surface area contributed by atoms with E-state index in [1.54, 1.807) is 12.1 Å². The summed E-state index contributed by atoms with van der Waals surface area (Å²) in [6, 6.07) is 8.64. The zero-order valence-electron chi connectivity index (χ0n) is 5.35. The Balaban J connectivity index is 2.66. The van der Waals surface area contributed by atoms with Crippen molar-refractivity contribution in [3.63, 3.8) is 0 Å². The Morgan fingerprint density at radius 2 is 2.18 bits per heavy atom. The number of ether oxygens (including phenoxy) is 1. The Labute approximate surface area is 71.1 Å². The van der Waals surface area contributed by atoms with Gasteiger partial charge >= 0.3 is 5.02 Å². The Bertz CT molecular complexity index is 220. The molecular formula is C7H4BrF2O. The van der Waals surface area contributed by atoms with Crippen molar-refractivity contribution in [2.45, 2.75) is 5.02 Å². The summed E-state index contributed by atoms with van der Waals surface area (Å²) in [5.74, 6) is 0.00868. The lowest BCUT2D eigenvalue weighted by molar-refractivity contribution is -0.0804. The molecule has 0 atom stereocenters. The number of hydrogen-bond acceptors (Lipinski definition) is 1. The standard InChI is InChI=1S/C7H4BrF2O/c8-7(9,10)11-6-4-2-1-3-5-6/h1-4H. The van der Waals surface area contributed by atoms with E-state index in [-0.39, 0.29) is 5.75 Å². The summed E-state index contributed by atoms with van der Waals surface area (Å²) in [4.78, 5) is 0. The highest BCUT2D eigenvalue weighted by Crippen LogP contribution is 2.25. The van der Waals surface area contributed by atoms with Gasteiger partial charge in [0.25, 0.3) is 0 Å². The lowest BCUT2D eigenvalue weighted by atomic mass is 10.3. The predicted octanol–water partition coefficient (Wildman–Crippen LogP) is 2.81. The average molecular weight is 222 g/mol. The van der Waals surface area contributed by atoms with Crippen LogP contribution in [0.1, 0.15) is 0 Å². The van der Waals surface area contributed by atoms with Crippen LogP contribution in [0.15, 0.2) is 24.3 Å². The molecule has 0 unspecified atom stereocenters. The molecule has 4 heteroatoms. The van der Waals surface area contributed by atoms with E-state index < -0.39 is 5.02 Å². The fraction of sp³-hybridized carbons (Fsp3) is 0.143. The van der Waals surface area contributed by atoms with E-state index >= 15 is 0 Å². The highest BCUT2D eigenvalue weighted by atomic mass is 79.9. The van der Waals surface area contributed by atoms with Crippen molar-refractivity contribution >= 4 is 15.9 Å². The van der Waals surface area contributed by atoms with Gasteiger partial charge in [0.15, 0.2) is 0 Å². The third kappa shape index (κ3) is 3.32. The zero-order chi connectivity index (χ0) is 8.32. The number of alkyl halides is 3. The van der Waals surface area contributed by atoms with E-state index in [2.05, 4.69) is 10.8 Å². The van der Waals surface area contributed by atoms with E-state index in [0.29, 0.717) is 0 Å². The van der Waals surface area contributed by atoms with Gasteiger partial charge in [-0.05, 0) is 6.07 Å². The van der Waals surface area contributed by atoms with Crippen LogP contribution in [0.2, 0.25) is 0 Å². The first-order valence-electron chi connectivity index (χ1n) is 2.80. The molecule has 0 fully saturated rings. The second-order valence-corrected chi connectivity index (χ2v) is 2.70. The van der Waals surface area contributed by atoms with Crippen LogP contribution >= 0.6 is 15.9 Å². The maximum atomic E-state index is 12.1. The molecule has 0 aliphatic heterocycles. The van der Waals surface area contributed by atoms with Gasteiger partial charge in [-0.2, -0.15) is 8.78 Å². The first kappa shape index (κ1) is 8.46. The van der Waals surface area contributed by atoms with Crippen LogP contribution in [-0.2, 0) is 0 Å². The molecule has 0 saturated carbocycles. The fourth-order valence-corrected chi connectivity index (χ4v) is 0.739. The predicted molar refractivity (Wildman–Crippen MR) is 39.8 cm³/mol. The summed E-state index contributed by atoms with van der Waals surface area (Å²) in [7, 11) is 0. The molecule has 1 nitrogen and oxygen atoms in total. The summed E-state index contributed by atoms with van der Waals surface area (Å²) < 4.78 is 28.3. The molecule has 1 aromatic rings. The maximum Gasteiger partial charge on any atom is 0.459 e. The zero-order valence-corrected chi connectivity index (χ0v) is 6.94. The van der Waals surface area contributed by atoms with Crippen LogP contribution in [0.3, 0.4) is 0 Å². The van der Waals surface area contributed by atoms with Crippen LogP contribution in [0, 0.1) is 6.07 Å². The first-order chi connectivity index (χ1) is 5.08. The SMILES string of the molecule is FC(F)(Br)Oc1[c]cccc1. The number of rotatable bonds is 2.